The molecule has 32 heavy (non-hydrogen) atoms. The van der Waals surface area contributed by atoms with E-state index in [1.54, 1.807) is 19.1 Å². The average Bonchev–Trinajstić information content (AvgIpc) is 2.78. The minimum atomic E-state index is -0.847. The van der Waals surface area contributed by atoms with Crippen LogP contribution in [0.2, 0.25) is 0 Å². The Hall–Kier alpha value is -3.55. The Balaban J connectivity index is 2.52. The standard InChI is InChI=1S/C24H30O8/c1-8-9-16-10-20(29-6)24(21(11-16)30-7)31-14(2)23(32-15(3)25)17-12-18(27-4)22(26)19(13-17)28-5/h8-14,23,26H,1-7H3/b9-8-/t14-,23-/m1/s1. The molecule has 0 saturated heterocycles. The van der Waals surface area contributed by atoms with Gasteiger partial charge in [-0.3, -0.25) is 4.79 Å². The highest BCUT2D eigenvalue weighted by Crippen LogP contribution is 2.43. The van der Waals surface area contributed by atoms with E-state index in [1.165, 1.54) is 35.4 Å². The van der Waals surface area contributed by atoms with Gasteiger partial charge < -0.3 is 33.5 Å². The predicted octanol–water partition coefficient (Wildman–Crippen LogP) is 4.53. The van der Waals surface area contributed by atoms with E-state index in [-0.39, 0.29) is 17.2 Å². The predicted molar refractivity (Wildman–Crippen MR) is 120 cm³/mol. The van der Waals surface area contributed by atoms with Crippen molar-refractivity contribution in [1.29, 1.82) is 0 Å². The summed E-state index contributed by atoms with van der Waals surface area (Å²) in [5.74, 6) is 0.990. The van der Waals surface area contributed by atoms with E-state index in [1.807, 2.05) is 31.2 Å². The maximum Gasteiger partial charge on any atom is 0.303 e. The van der Waals surface area contributed by atoms with Crippen molar-refractivity contribution in [2.75, 3.05) is 28.4 Å². The molecule has 0 fully saturated rings. The smallest absolute Gasteiger partial charge is 0.303 e. The first-order chi connectivity index (χ1) is 15.3. The summed E-state index contributed by atoms with van der Waals surface area (Å²) in [6.45, 7) is 4.97. The van der Waals surface area contributed by atoms with Gasteiger partial charge in [-0.15, -0.1) is 0 Å². The van der Waals surface area contributed by atoms with E-state index in [0.29, 0.717) is 22.8 Å². The maximum absolute atomic E-state index is 11.9. The summed E-state index contributed by atoms with van der Waals surface area (Å²) in [6, 6.07) is 6.76. The van der Waals surface area contributed by atoms with Crippen LogP contribution in [0, 0.1) is 0 Å². The van der Waals surface area contributed by atoms with Crippen LogP contribution < -0.4 is 23.7 Å². The molecule has 2 aromatic carbocycles. The van der Waals surface area contributed by atoms with Gasteiger partial charge in [-0.2, -0.15) is 0 Å². The fraction of sp³-hybridized carbons (Fsp3) is 0.375. The molecule has 0 aromatic heterocycles. The highest BCUT2D eigenvalue weighted by Gasteiger charge is 2.29. The molecule has 174 valence electrons. The Morgan fingerprint density at radius 3 is 1.81 bits per heavy atom. The summed E-state index contributed by atoms with van der Waals surface area (Å²) in [6.07, 6.45) is 2.29. The molecule has 0 spiro atoms. The number of ether oxygens (including phenoxy) is 6. The van der Waals surface area contributed by atoms with E-state index in [4.69, 9.17) is 28.4 Å². The molecule has 0 aliphatic rings. The zero-order valence-electron chi connectivity index (χ0n) is 19.4. The van der Waals surface area contributed by atoms with Gasteiger partial charge >= 0.3 is 5.97 Å². The van der Waals surface area contributed by atoms with E-state index < -0.39 is 18.2 Å². The van der Waals surface area contributed by atoms with Crippen LogP contribution in [0.4, 0.5) is 0 Å². The number of carbonyl (C=O) groups excluding carboxylic acids is 1. The molecule has 2 atom stereocenters. The molecule has 2 rings (SSSR count). The molecule has 8 nitrogen and oxygen atoms in total. The maximum atomic E-state index is 11.9. The highest BCUT2D eigenvalue weighted by molar-refractivity contribution is 5.67. The Morgan fingerprint density at radius 1 is 0.906 bits per heavy atom. The van der Waals surface area contributed by atoms with Crippen molar-refractivity contribution < 1.29 is 38.3 Å². The summed E-state index contributed by atoms with van der Waals surface area (Å²) in [4.78, 5) is 11.9. The minimum absolute atomic E-state index is 0.156. The van der Waals surface area contributed by atoms with Crippen molar-refractivity contribution in [2.45, 2.75) is 33.0 Å². The first kappa shape index (κ1) is 24.7. The molecule has 2 aromatic rings. The fourth-order valence-corrected chi connectivity index (χ4v) is 3.24. The van der Waals surface area contributed by atoms with Gasteiger partial charge in [0.15, 0.2) is 29.1 Å². The molecule has 0 heterocycles. The molecule has 0 aliphatic carbocycles. The molecule has 8 heteroatoms. The van der Waals surface area contributed by atoms with E-state index in [0.717, 1.165) is 5.56 Å². The van der Waals surface area contributed by atoms with Gasteiger partial charge in [0.05, 0.1) is 28.4 Å². The second kappa shape index (κ2) is 11.2. The van der Waals surface area contributed by atoms with Crippen molar-refractivity contribution >= 4 is 12.0 Å². The number of aromatic hydroxyl groups is 1. The third-order valence-corrected chi connectivity index (χ3v) is 4.70. The molecular formula is C24H30O8. The van der Waals surface area contributed by atoms with Gasteiger partial charge in [-0.1, -0.05) is 12.2 Å². The number of methoxy groups -OCH3 is 4. The largest absolute Gasteiger partial charge is 0.502 e. The average molecular weight is 446 g/mol. The van der Waals surface area contributed by atoms with Gasteiger partial charge in [0, 0.05) is 12.5 Å². The van der Waals surface area contributed by atoms with Crippen molar-refractivity contribution in [3.8, 4) is 34.5 Å². The van der Waals surface area contributed by atoms with E-state index in [2.05, 4.69) is 0 Å². The van der Waals surface area contributed by atoms with Gasteiger partial charge in [0.1, 0.15) is 6.10 Å². The molecule has 0 unspecified atom stereocenters. The zero-order valence-corrected chi connectivity index (χ0v) is 19.4. The number of hydrogen-bond acceptors (Lipinski definition) is 8. The summed E-state index contributed by atoms with van der Waals surface area (Å²) in [7, 11) is 5.90. The van der Waals surface area contributed by atoms with Crippen LogP contribution in [0.1, 0.15) is 38.0 Å². The monoisotopic (exact) mass is 446 g/mol. The first-order valence-corrected chi connectivity index (χ1v) is 9.96. The quantitative estimate of drug-likeness (QED) is 0.532. The molecular weight excluding hydrogens is 416 g/mol. The van der Waals surface area contributed by atoms with Crippen LogP contribution in [0.25, 0.3) is 6.08 Å². The molecule has 0 radical (unpaired) electrons. The third kappa shape index (κ3) is 5.57. The fourth-order valence-electron chi connectivity index (χ4n) is 3.24. The summed E-state index contributed by atoms with van der Waals surface area (Å²) < 4.78 is 33.2. The molecule has 0 amide bonds. The van der Waals surface area contributed by atoms with Gasteiger partial charge in [-0.05, 0) is 43.7 Å². The second-order valence-corrected chi connectivity index (χ2v) is 6.88. The summed E-state index contributed by atoms with van der Waals surface area (Å²) in [5.41, 5.74) is 1.40. The van der Waals surface area contributed by atoms with Crippen molar-refractivity contribution in [2.24, 2.45) is 0 Å². The van der Waals surface area contributed by atoms with Crippen molar-refractivity contribution in [3.63, 3.8) is 0 Å². The van der Waals surface area contributed by atoms with Crippen molar-refractivity contribution in [1.82, 2.24) is 0 Å². The topological polar surface area (TPSA) is 92.7 Å². The lowest BCUT2D eigenvalue weighted by Crippen LogP contribution is -2.26. The van der Waals surface area contributed by atoms with Gasteiger partial charge in [0.2, 0.25) is 11.5 Å². The molecule has 0 aliphatic heterocycles. The Bertz CT molecular complexity index is 916. The highest BCUT2D eigenvalue weighted by atomic mass is 16.6. The lowest BCUT2D eigenvalue weighted by Gasteiger charge is -2.27. The first-order valence-electron chi connectivity index (χ1n) is 9.96. The Kier molecular flexibility index (Phi) is 8.63. The lowest BCUT2D eigenvalue weighted by molar-refractivity contribution is -0.151. The Labute approximate surface area is 188 Å². The van der Waals surface area contributed by atoms with Crippen LogP contribution in [0.15, 0.2) is 30.3 Å². The number of esters is 1. The number of hydrogen-bond donors (Lipinski definition) is 1. The van der Waals surface area contributed by atoms with Crippen LogP contribution in [0.5, 0.6) is 34.5 Å². The number of phenols is 1. The van der Waals surface area contributed by atoms with E-state index >= 15 is 0 Å². The second-order valence-electron chi connectivity index (χ2n) is 6.88. The van der Waals surface area contributed by atoms with Crippen LogP contribution in [0.3, 0.4) is 0 Å². The summed E-state index contributed by atoms with van der Waals surface area (Å²) in [5, 5.41) is 10.2. The van der Waals surface area contributed by atoms with Gasteiger partial charge in [-0.25, -0.2) is 0 Å². The SMILES string of the molecule is C/C=C\c1cc(OC)c(O[C@H](C)[C@@H](OC(C)=O)c2cc(OC)c(O)c(OC)c2)c(OC)c1. The molecule has 0 saturated carbocycles. The van der Waals surface area contributed by atoms with Crippen LogP contribution in [-0.2, 0) is 9.53 Å². The number of allylic oxidation sites excluding steroid dienone is 1. The molecule has 0 bridgehead atoms. The number of benzene rings is 2. The number of phenolic OH excluding ortho intramolecular Hbond substituents is 1. The lowest BCUT2D eigenvalue weighted by atomic mass is 10.0. The Morgan fingerprint density at radius 2 is 1.41 bits per heavy atom. The normalized spacial score (nSPS) is 12.7. The van der Waals surface area contributed by atoms with Crippen molar-refractivity contribution in [3.05, 3.63) is 41.5 Å². The van der Waals surface area contributed by atoms with Crippen LogP contribution >= 0.6 is 0 Å². The van der Waals surface area contributed by atoms with Crippen LogP contribution in [-0.4, -0.2) is 45.6 Å². The van der Waals surface area contributed by atoms with E-state index in [9.17, 15) is 9.90 Å². The number of carbonyl (C=O) groups is 1. The molecule has 1 N–H and O–H groups in total. The summed E-state index contributed by atoms with van der Waals surface area (Å²) >= 11 is 0. The zero-order chi connectivity index (χ0) is 23.8. The minimum Gasteiger partial charge on any atom is -0.502 e. The van der Waals surface area contributed by atoms with Gasteiger partial charge in [0.25, 0.3) is 0 Å². The third-order valence-electron chi connectivity index (χ3n) is 4.70. The number of rotatable bonds is 10.